The molecule has 1 atom stereocenters. The zero-order valence-corrected chi connectivity index (χ0v) is 14.8. The van der Waals surface area contributed by atoms with Gasteiger partial charge in [0.15, 0.2) is 0 Å². The van der Waals surface area contributed by atoms with Gasteiger partial charge in [-0.2, -0.15) is 0 Å². The van der Waals surface area contributed by atoms with E-state index in [0.29, 0.717) is 5.56 Å². The lowest BCUT2D eigenvalue weighted by molar-refractivity contribution is 0.0460. The van der Waals surface area contributed by atoms with Crippen LogP contribution < -0.4 is 0 Å². The van der Waals surface area contributed by atoms with Crippen LogP contribution in [0, 0.1) is 0 Å². The molecule has 0 radical (unpaired) electrons. The van der Waals surface area contributed by atoms with Gasteiger partial charge in [0.05, 0.1) is 17.3 Å². The van der Waals surface area contributed by atoms with Gasteiger partial charge in [0.25, 0.3) is 5.91 Å². The predicted octanol–water partition coefficient (Wildman–Crippen LogP) is 4.59. The van der Waals surface area contributed by atoms with Crippen LogP contribution in [0.3, 0.4) is 0 Å². The van der Waals surface area contributed by atoms with Crippen molar-refractivity contribution in [1.29, 1.82) is 0 Å². The van der Waals surface area contributed by atoms with Crippen molar-refractivity contribution >= 4 is 11.6 Å². The fourth-order valence-electron chi connectivity index (χ4n) is 3.68. The molecule has 0 spiro atoms. The summed E-state index contributed by atoms with van der Waals surface area (Å²) in [5.74, 6) is 0.0759. The SMILES string of the molecule is O=C(c1ccc2nc(-c3ccccc3)cn2c1)N1CCC1c1ccccc1. The number of imidazole rings is 1. The van der Waals surface area contributed by atoms with Crippen molar-refractivity contribution in [1.82, 2.24) is 14.3 Å². The van der Waals surface area contributed by atoms with Crippen LogP contribution in [-0.2, 0) is 0 Å². The van der Waals surface area contributed by atoms with Crippen molar-refractivity contribution in [3.8, 4) is 11.3 Å². The van der Waals surface area contributed by atoms with Crippen LogP contribution in [-0.4, -0.2) is 26.7 Å². The van der Waals surface area contributed by atoms with Gasteiger partial charge < -0.3 is 9.30 Å². The Morgan fingerprint density at radius 3 is 2.33 bits per heavy atom. The van der Waals surface area contributed by atoms with E-state index in [-0.39, 0.29) is 11.9 Å². The monoisotopic (exact) mass is 353 g/mol. The van der Waals surface area contributed by atoms with E-state index in [9.17, 15) is 4.79 Å². The van der Waals surface area contributed by atoms with E-state index in [1.165, 1.54) is 5.56 Å². The molecule has 1 saturated heterocycles. The van der Waals surface area contributed by atoms with Crippen LogP contribution in [0.4, 0.5) is 0 Å². The average molecular weight is 353 g/mol. The number of benzene rings is 2. The Kier molecular flexibility index (Phi) is 3.75. The minimum atomic E-state index is 0.0759. The molecule has 2 aromatic carbocycles. The number of amides is 1. The molecule has 1 fully saturated rings. The highest BCUT2D eigenvalue weighted by atomic mass is 16.2. The molecule has 4 aromatic rings. The number of rotatable bonds is 3. The second kappa shape index (κ2) is 6.40. The molecule has 1 unspecified atom stereocenters. The highest BCUT2D eigenvalue weighted by Crippen LogP contribution is 2.34. The van der Waals surface area contributed by atoms with Gasteiger partial charge in [0.1, 0.15) is 5.65 Å². The highest BCUT2D eigenvalue weighted by molar-refractivity contribution is 5.95. The summed E-state index contributed by atoms with van der Waals surface area (Å²) in [7, 11) is 0. The zero-order chi connectivity index (χ0) is 18.2. The van der Waals surface area contributed by atoms with Crippen molar-refractivity contribution in [3.05, 3.63) is 96.3 Å². The van der Waals surface area contributed by atoms with E-state index in [1.54, 1.807) is 0 Å². The molecule has 0 aliphatic carbocycles. The van der Waals surface area contributed by atoms with Gasteiger partial charge in [-0.15, -0.1) is 0 Å². The molecule has 27 heavy (non-hydrogen) atoms. The van der Waals surface area contributed by atoms with Gasteiger partial charge >= 0.3 is 0 Å². The lowest BCUT2D eigenvalue weighted by Gasteiger charge is -2.41. The van der Waals surface area contributed by atoms with Crippen LogP contribution in [0.25, 0.3) is 16.9 Å². The Morgan fingerprint density at radius 2 is 1.63 bits per heavy atom. The fourth-order valence-corrected chi connectivity index (χ4v) is 3.68. The molecule has 1 amide bonds. The Labute approximate surface area is 157 Å². The number of carbonyl (C=O) groups is 1. The standard InChI is InChI=1S/C23H19N3O/c27-23(26-14-13-21(26)18-9-5-2-6-10-18)19-11-12-22-24-20(16-25(22)15-19)17-7-3-1-4-8-17/h1-12,15-16,21H,13-14H2. The molecule has 3 heterocycles. The van der Waals surface area contributed by atoms with Crippen LogP contribution in [0.2, 0.25) is 0 Å². The molecular weight excluding hydrogens is 334 g/mol. The van der Waals surface area contributed by atoms with E-state index < -0.39 is 0 Å². The maximum absolute atomic E-state index is 13.0. The normalized spacial score (nSPS) is 16.3. The first-order valence-electron chi connectivity index (χ1n) is 9.20. The number of pyridine rings is 1. The number of likely N-dealkylation sites (tertiary alicyclic amines) is 1. The number of carbonyl (C=O) groups excluding carboxylic acids is 1. The second-order valence-electron chi connectivity index (χ2n) is 6.89. The number of fused-ring (bicyclic) bond motifs is 1. The number of hydrogen-bond donors (Lipinski definition) is 0. The van der Waals surface area contributed by atoms with E-state index in [1.807, 2.05) is 82.4 Å². The van der Waals surface area contributed by atoms with Crippen LogP contribution in [0.15, 0.2) is 85.2 Å². The maximum atomic E-state index is 13.0. The summed E-state index contributed by atoms with van der Waals surface area (Å²) in [5.41, 5.74) is 4.72. The largest absolute Gasteiger partial charge is 0.331 e. The van der Waals surface area contributed by atoms with Gasteiger partial charge in [0.2, 0.25) is 0 Å². The van der Waals surface area contributed by atoms with E-state index in [4.69, 9.17) is 0 Å². The third-order valence-corrected chi connectivity index (χ3v) is 5.23. The van der Waals surface area contributed by atoms with E-state index >= 15 is 0 Å². The number of hydrogen-bond acceptors (Lipinski definition) is 2. The smallest absolute Gasteiger partial charge is 0.255 e. The molecule has 5 rings (SSSR count). The summed E-state index contributed by atoms with van der Waals surface area (Å²) in [6.07, 6.45) is 4.88. The Hall–Kier alpha value is -3.40. The molecule has 1 aliphatic heterocycles. The minimum Gasteiger partial charge on any atom is -0.331 e. The Bertz CT molecular complexity index is 1100. The summed E-state index contributed by atoms with van der Waals surface area (Å²) in [4.78, 5) is 19.6. The Balaban J connectivity index is 1.44. The first kappa shape index (κ1) is 15.8. The van der Waals surface area contributed by atoms with Crippen molar-refractivity contribution in [2.24, 2.45) is 0 Å². The zero-order valence-electron chi connectivity index (χ0n) is 14.8. The third kappa shape index (κ3) is 2.79. The molecule has 2 aromatic heterocycles. The molecule has 4 nitrogen and oxygen atoms in total. The summed E-state index contributed by atoms with van der Waals surface area (Å²) in [5, 5.41) is 0. The molecule has 0 N–H and O–H groups in total. The predicted molar refractivity (Wildman–Crippen MR) is 105 cm³/mol. The summed E-state index contributed by atoms with van der Waals surface area (Å²) < 4.78 is 1.94. The van der Waals surface area contributed by atoms with Crippen molar-refractivity contribution in [2.75, 3.05) is 6.54 Å². The second-order valence-corrected chi connectivity index (χ2v) is 6.89. The first-order chi connectivity index (χ1) is 13.3. The first-order valence-corrected chi connectivity index (χ1v) is 9.20. The van der Waals surface area contributed by atoms with Gasteiger partial charge in [-0.3, -0.25) is 4.79 Å². The van der Waals surface area contributed by atoms with Crippen molar-refractivity contribution < 1.29 is 4.79 Å². The molecule has 1 aliphatic rings. The van der Waals surface area contributed by atoms with Gasteiger partial charge in [-0.25, -0.2) is 4.98 Å². The van der Waals surface area contributed by atoms with Crippen LogP contribution >= 0.6 is 0 Å². The Morgan fingerprint density at radius 1 is 0.889 bits per heavy atom. The lowest BCUT2D eigenvalue weighted by Crippen LogP contribution is -2.45. The molecule has 132 valence electrons. The fraction of sp³-hybridized carbons (Fsp3) is 0.130. The third-order valence-electron chi connectivity index (χ3n) is 5.23. The summed E-state index contributed by atoms with van der Waals surface area (Å²) in [6, 6.07) is 24.3. The quantitative estimate of drug-likeness (QED) is 0.540. The molecule has 0 saturated carbocycles. The van der Waals surface area contributed by atoms with Gasteiger partial charge in [-0.1, -0.05) is 60.7 Å². The van der Waals surface area contributed by atoms with Gasteiger partial charge in [-0.05, 0) is 24.1 Å². The molecular formula is C23H19N3O. The topological polar surface area (TPSA) is 37.6 Å². The number of aromatic nitrogens is 2. The van der Waals surface area contributed by atoms with Gasteiger partial charge in [0, 0.05) is 24.5 Å². The van der Waals surface area contributed by atoms with Crippen LogP contribution in [0.1, 0.15) is 28.4 Å². The lowest BCUT2D eigenvalue weighted by atomic mass is 9.94. The highest BCUT2D eigenvalue weighted by Gasteiger charge is 2.33. The van der Waals surface area contributed by atoms with Crippen LogP contribution in [0.5, 0.6) is 0 Å². The van der Waals surface area contributed by atoms with Crippen molar-refractivity contribution in [3.63, 3.8) is 0 Å². The van der Waals surface area contributed by atoms with Crippen molar-refractivity contribution in [2.45, 2.75) is 12.5 Å². The van der Waals surface area contributed by atoms with E-state index in [0.717, 1.165) is 29.9 Å². The number of nitrogens with zero attached hydrogens (tertiary/aromatic N) is 3. The minimum absolute atomic E-state index is 0.0759. The average Bonchev–Trinajstić information content (AvgIpc) is 3.12. The summed E-state index contributed by atoms with van der Waals surface area (Å²) >= 11 is 0. The van der Waals surface area contributed by atoms with E-state index in [2.05, 4.69) is 17.1 Å². The maximum Gasteiger partial charge on any atom is 0.255 e. The summed E-state index contributed by atoms with van der Waals surface area (Å²) in [6.45, 7) is 0.801. The molecule has 0 bridgehead atoms. The molecule has 4 heteroatoms.